The summed E-state index contributed by atoms with van der Waals surface area (Å²) < 4.78 is 38.0. The van der Waals surface area contributed by atoms with Crippen LogP contribution in [0.1, 0.15) is 36.3 Å². The summed E-state index contributed by atoms with van der Waals surface area (Å²) in [6.45, 7) is 3.77. The molecule has 1 aliphatic heterocycles. The molecule has 1 aromatic heterocycles. The number of carbonyl (C=O) groups excluding carboxylic acids is 1. The average Bonchev–Trinajstić information content (AvgIpc) is 2.59. The highest BCUT2D eigenvalue weighted by molar-refractivity contribution is 7.96. The first-order valence-corrected chi connectivity index (χ1v) is 9.06. The van der Waals surface area contributed by atoms with E-state index in [4.69, 9.17) is 23.1 Å². The SMILES string of the molecule is [B]C(O)(Oc1ccc(-c2cc(C(N)=O)nc3c2CCC(C)(C)O3)c(F)c1)SF. The molecule has 2 radical (unpaired) electrons. The molecule has 146 valence electrons. The van der Waals surface area contributed by atoms with Crippen LogP contribution in [0.4, 0.5) is 8.28 Å². The summed E-state index contributed by atoms with van der Waals surface area (Å²) >= 11 is -0.636. The van der Waals surface area contributed by atoms with Crippen molar-refractivity contribution in [3.05, 3.63) is 41.3 Å². The second kappa shape index (κ2) is 7.25. The van der Waals surface area contributed by atoms with E-state index in [1.54, 1.807) is 0 Å². The summed E-state index contributed by atoms with van der Waals surface area (Å²) in [5, 5.41) is 6.77. The monoisotopic (exact) mass is 406 g/mol. The Kier molecular flexibility index (Phi) is 5.29. The molecule has 1 aromatic carbocycles. The molecule has 0 fully saturated rings. The molecule has 3 N–H and O–H groups in total. The highest BCUT2D eigenvalue weighted by Crippen LogP contribution is 2.40. The molecule has 2 aromatic rings. The Morgan fingerprint density at radius 2 is 2.14 bits per heavy atom. The van der Waals surface area contributed by atoms with Crippen LogP contribution in [-0.2, 0) is 6.42 Å². The van der Waals surface area contributed by atoms with Crippen molar-refractivity contribution in [3.8, 4) is 22.8 Å². The number of ether oxygens (including phenoxy) is 2. The summed E-state index contributed by atoms with van der Waals surface area (Å²) in [4.78, 5) is 15.8. The molecule has 28 heavy (non-hydrogen) atoms. The lowest BCUT2D eigenvalue weighted by atomic mass is 9.90. The van der Waals surface area contributed by atoms with Crippen molar-refractivity contribution >= 4 is 25.9 Å². The zero-order valence-corrected chi connectivity index (χ0v) is 16.0. The molecule has 0 spiro atoms. The minimum Gasteiger partial charge on any atom is -0.471 e. The Hall–Kier alpha value is -2.33. The maximum Gasteiger partial charge on any atom is 0.267 e. The van der Waals surface area contributed by atoms with Crippen molar-refractivity contribution in [2.24, 2.45) is 5.73 Å². The van der Waals surface area contributed by atoms with Crippen LogP contribution in [0.15, 0.2) is 24.3 Å². The first kappa shape index (κ1) is 20.4. The fourth-order valence-electron chi connectivity index (χ4n) is 2.94. The number of nitrogens with zero attached hydrogens (tertiary/aromatic N) is 1. The predicted molar refractivity (Wildman–Crippen MR) is 101 cm³/mol. The van der Waals surface area contributed by atoms with Crippen LogP contribution < -0.4 is 15.2 Å². The van der Waals surface area contributed by atoms with E-state index < -0.39 is 34.5 Å². The molecule has 1 unspecified atom stereocenters. The number of hydrogen-bond acceptors (Lipinski definition) is 6. The smallest absolute Gasteiger partial charge is 0.267 e. The van der Waals surface area contributed by atoms with E-state index in [1.165, 1.54) is 18.2 Å². The largest absolute Gasteiger partial charge is 0.471 e. The summed E-state index contributed by atoms with van der Waals surface area (Å²) in [5.41, 5.74) is 6.01. The second-order valence-electron chi connectivity index (χ2n) is 7.02. The Morgan fingerprint density at radius 1 is 1.43 bits per heavy atom. The zero-order valence-electron chi connectivity index (χ0n) is 15.2. The summed E-state index contributed by atoms with van der Waals surface area (Å²) in [6.07, 6.45) is 1.23. The zero-order chi connectivity index (χ0) is 20.7. The minimum absolute atomic E-state index is 0.0589. The van der Waals surface area contributed by atoms with E-state index in [0.29, 0.717) is 24.0 Å². The summed E-state index contributed by atoms with van der Waals surface area (Å²) in [6, 6.07) is 5.03. The molecule has 1 aliphatic rings. The van der Waals surface area contributed by atoms with Gasteiger partial charge >= 0.3 is 0 Å². The van der Waals surface area contributed by atoms with Gasteiger partial charge < -0.3 is 20.3 Å². The second-order valence-corrected chi connectivity index (χ2v) is 7.76. The Labute approximate surface area is 166 Å². The molecule has 0 saturated heterocycles. The van der Waals surface area contributed by atoms with E-state index in [1.807, 2.05) is 13.8 Å². The van der Waals surface area contributed by atoms with Gasteiger partial charge in [0.15, 0.2) is 7.85 Å². The number of halogens is 2. The number of amides is 1. The van der Waals surface area contributed by atoms with E-state index in [-0.39, 0.29) is 22.9 Å². The Morgan fingerprint density at radius 3 is 2.75 bits per heavy atom. The first-order chi connectivity index (χ1) is 13.0. The fourth-order valence-corrected chi connectivity index (χ4v) is 3.07. The van der Waals surface area contributed by atoms with Crippen molar-refractivity contribution < 1.29 is 27.7 Å². The number of hydrogen-bond donors (Lipinski definition) is 2. The van der Waals surface area contributed by atoms with Gasteiger partial charge in [-0.25, -0.2) is 9.37 Å². The van der Waals surface area contributed by atoms with Gasteiger partial charge in [0.1, 0.15) is 35.0 Å². The van der Waals surface area contributed by atoms with E-state index in [0.717, 1.165) is 6.07 Å². The van der Waals surface area contributed by atoms with Crippen molar-refractivity contribution in [2.45, 2.75) is 37.3 Å². The van der Waals surface area contributed by atoms with Gasteiger partial charge in [-0.15, -0.1) is 0 Å². The van der Waals surface area contributed by atoms with Crippen LogP contribution in [0.5, 0.6) is 11.6 Å². The lowest BCUT2D eigenvalue weighted by Crippen LogP contribution is -2.34. The molecule has 2 heterocycles. The average molecular weight is 406 g/mol. The topological polar surface area (TPSA) is 94.7 Å². The van der Waals surface area contributed by atoms with Gasteiger partial charge in [0.2, 0.25) is 10.9 Å². The first-order valence-electron chi connectivity index (χ1n) is 8.34. The Bertz CT molecular complexity index is 940. The highest BCUT2D eigenvalue weighted by atomic mass is 32.2. The van der Waals surface area contributed by atoms with Gasteiger partial charge in [0, 0.05) is 17.2 Å². The molecular formula is C18H17BF2N2O4S. The standard InChI is InChI=1S/C18H17BF2N2O4S/c1-17(2)6-5-11-12(8-14(15(22)24)23-16(11)27-17)10-4-3-9(7-13(10)20)26-18(19,25)28-21/h3-4,7-8,25H,5-6H2,1-2H3,(H2,22,24). The lowest BCUT2D eigenvalue weighted by molar-refractivity contribution is 0.0184. The van der Waals surface area contributed by atoms with Gasteiger partial charge in [0.25, 0.3) is 5.91 Å². The van der Waals surface area contributed by atoms with Crippen LogP contribution in [0.25, 0.3) is 11.1 Å². The third-order valence-electron chi connectivity index (χ3n) is 4.29. The number of rotatable bonds is 5. The summed E-state index contributed by atoms with van der Waals surface area (Å²) in [5.74, 6) is -1.45. The number of benzene rings is 1. The molecule has 1 atom stereocenters. The molecule has 1 amide bonds. The van der Waals surface area contributed by atoms with Crippen molar-refractivity contribution in [1.82, 2.24) is 4.98 Å². The molecule has 6 nitrogen and oxygen atoms in total. The van der Waals surface area contributed by atoms with E-state index in [2.05, 4.69) is 4.98 Å². The molecule has 10 heteroatoms. The molecular weight excluding hydrogens is 389 g/mol. The van der Waals surface area contributed by atoms with Crippen molar-refractivity contribution in [2.75, 3.05) is 0 Å². The van der Waals surface area contributed by atoms with Gasteiger partial charge in [-0.3, -0.25) is 4.79 Å². The predicted octanol–water partition coefficient (Wildman–Crippen LogP) is 2.86. The van der Waals surface area contributed by atoms with Gasteiger partial charge in [0.05, 0.1) is 0 Å². The molecule has 0 saturated carbocycles. The maximum absolute atomic E-state index is 14.8. The van der Waals surface area contributed by atoms with Crippen molar-refractivity contribution in [1.29, 1.82) is 0 Å². The van der Waals surface area contributed by atoms with Crippen LogP contribution in [0, 0.1) is 5.82 Å². The normalized spacial score (nSPS) is 17.2. The molecule has 3 rings (SSSR count). The van der Waals surface area contributed by atoms with Crippen molar-refractivity contribution in [3.63, 3.8) is 0 Å². The number of nitrogens with two attached hydrogens (primary N) is 1. The van der Waals surface area contributed by atoms with Crippen LogP contribution in [0.3, 0.4) is 0 Å². The molecule has 0 bridgehead atoms. The lowest BCUT2D eigenvalue weighted by Gasteiger charge is -2.33. The van der Waals surface area contributed by atoms with Gasteiger partial charge in [-0.1, -0.05) is 0 Å². The number of fused-ring (bicyclic) bond motifs is 1. The fraction of sp³-hybridized carbons (Fsp3) is 0.333. The van der Waals surface area contributed by atoms with E-state index in [9.17, 15) is 18.2 Å². The van der Waals surface area contributed by atoms with Crippen LogP contribution in [-0.4, -0.2) is 34.5 Å². The third-order valence-corrected chi connectivity index (χ3v) is 4.60. The third kappa shape index (κ3) is 4.23. The number of pyridine rings is 1. The van der Waals surface area contributed by atoms with Gasteiger partial charge in [-0.05, 0) is 50.5 Å². The number of aliphatic hydroxyl groups is 1. The number of primary amides is 1. The van der Waals surface area contributed by atoms with E-state index >= 15 is 0 Å². The van der Waals surface area contributed by atoms with Crippen LogP contribution >= 0.6 is 12.1 Å². The Balaban J connectivity index is 2.08. The minimum atomic E-state index is -2.64. The molecule has 0 aliphatic carbocycles. The maximum atomic E-state index is 14.8. The highest BCUT2D eigenvalue weighted by Gasteiger charge is 2.31. The summed E-state index contributed by atoms with van der Waals surface area (Å²) in [7, 11) is 5.14. The number of carbonyl (C=O) groups is 1. The van der Waals surface area contributed by atoms with Gasteiger partial charge in [-0.2, -0.15) is 3.89 Å². The number of aromatic nitrogens is 1. The van der Waals surface area contributed by atoms with Crippen LogP contribution in [0.2, 0.25) is 0 Å². The quantitative estimate of drug-likeness (QED) is 0.586.